The van der Waals surface area contributed by atoms with Gasteiger partial charge in [-0.3, -0.25) is 4.79 Å². The molecule has 0 spiro atoms. The topological polar surface area (TPSA) is 75.6 Å². The average molecular weight is 346 g/mol. The molecule has 5 nitrogen and oxygen atoms in total. The number of benzene rings is 1. The number of amides is 1. The molecule has 0 aliphatic heterocycles. The third-order valence-electron chi connectivity index (χ3n) is 2.39. The lowest BCUT2D eigenvalue weighted by molar-refractivity contribution is -0.118. The normalized spacial score (nSPS) is 10.2. The van der Waals surface area contributed by atoms with Gasteiger partial charge >= 0.3 is 5.97 Å². The van der Waals surface area contributed by atoms with E-state index in [-0.39, 0.29) is 17.2 Å². The molecule has 0 aliphatic carbocycles. The molecule has 1 aromatic heterocycles. The third kappa shape index (κ3) is 4.10. The van der Waals surface area contributed by atoms with Gasteiger partial charge in [-0.05, 0) is 29.6 Å². The van der Waals surface area contributed by atoms with E-state index in [9.17, 15) is 9.59 Å². The molecule has 1 heterocycles. The molecule has 0 atom stereocenters. The number of rotatable bonds is 5. The second-order valence-corrected chi connectivity index (χ2v) is 5.62. The predicted octanol–water partition coefficient (Wildman–Crippen LogP) is 3.77. The number of nitrogens with one attached hydrogen (secondary N) is 1. The Balaban J connectivity index is 1.94. The SMILES string of the molecule is O=C(COc1ccsc1C(=O)O)Nc1ccc(Cl)c(Cl)c1. The van der Waals surface area contributed by atoms with Crippen molar-refractivity contribution in [3.63, 3.8) is 0 Å². The minimum absolute atomic E-state index is 0.0531. The lowest BCUT2D eigenvalue weighted by atomic mass is 10.3. The van der Waals surface area contributed by atoms with Gasteiger partial charge in [-0.15, -0.1) is 11.3 Å². The van der Waals surface area contributed by atoms with Crippen LogP contribution >= 0.6 is 34.5 Å². The number of thiophene rings is 1. The predicted molar refractivity (Wildman–Crippen MR) is 81.9 cm³/mol. The van der Waals surface area contributed by atoms with E-state index in [1.54, 1.807) is 17.5 Å². The second kappa shape index (κ2) is 6.80. The fraction of sp³-hybridized carbons (Fsp3) is 0.0769. The Kier molecular flexibility index (Phi) is 5.06. The lowest BCUT2D eigenvalue weighted by Gasteiger charge is -2.08. The van der Waals surface area contributed by atoms with Crippen molar-refractivity contribution in [1.82, 2.24) is 0 Å². The highest BCUT2D eigenvalue weighted by atomic mass is 35.5. The molecule has 1 aromatic carbocycles. The highest BCUT2D eigenvalue weighted by Crippen LogP contribution is 2.26. The van der Waals surface area contributed by atoms with Gasteiger partial charge in [-0.2, -0.15) is 0 Å². The van der Waals surface area contributed by atoms with Crippen LogP contribution in [0.3, 0.4) is 0 Å². The molecule has 0 aliphatic rings. The van der Waals surface area contributed by atoms with Crippen LogP contribution in [-0.2, 0) is 4.79 Å². The molecule has 21 heavy (non-hydrogen) atoms. The van der Waals surface area contributed by atoms with E-state index in [1.165, 1.54) is 12.1 Å². The van der Waals surface area contributed by atoms with Crippen LogP contribution in [0.1, 0.15) is 9.67 Å². The summed E-state index contributed by atoms with van der Waals surface area (Å²) in [6, 6.07) is 6.16. The van der Waals surface area contributed by atoms with Gasteiger partial charge in [0.25, 0.3) is 5.91 Å². The highest BCUT2D eigenvalue weighted by molar-refractivity contribution is 7.12. The number of carboxylic acid groups (broad SMARTS) is 1. The Labute approximate surface area is 134 Å². The quantitative estimate of drug-likeness (QED) is 0.864. The summed E-state index contributed by atoms with van der Waals surface area (Å²) in [7, 11) is 0. The molecular formula is C13H9Cl2NO4S. The van der Waals surface area contributed by atoms with E-state index in [1.807, 2.05) is 0 Å². The Morgan fingerprint density at radius 1 is 1.24 bits per heavy atom. The molecule has 0 unspecified atom stereocenters. The number of hydrogen-bond donors (Lipinski definition) is 2. The standard InChI is InChI=1S/C13H9Cl2NO4S/c14-8-2-1-7(5-9(8)15)16-11(17)6-20-10-3-4-21-12(10)13(18)19/h1-5H,6H2,(H,16,17)(H,18,19). The molecule has 0 radical (unpaired) electrons. The number of hydrogen-bond acceptors (Lipinski definition) is 4. The van der Waals surface area contributed by atoms with Crippen LogP contribution < -0.4 is 10.1 Å². The summed E-state index contributed by atoms with van der Waals surface area (Å²) < 4.78 is 5.18. The average Bonchev–Trinajstić information content (AvgIpc) is 2.89. The molecule has 2 rings (SSSR count). The van der Waals surface area contributed by atoms with Gasteiger partial charge in [-0.25, -0.2) is 4.79 Å². The zero-order chi connectivity index (χ0) is 15.4. The first-order valence-corrected chi connectivity index (χ1v) is 7.29. The van der Waals surface area contributed by atoms with Crippen molar-refractivity contribution >= 4 is 52.1 Å². The first-order valence-electron chi connectivity index (χ1n) is 5.66. The minimum atomic E-state index is -1.09. The largest absolute Gasteiger partial charge is 0.482 e. The molecule has 1 amide bonds. The fourth-order valence-electron chi connectivity index (χ4n) is 1.48. The van der Waals surface area contributed by atoms with Crippen LogP contribution in [0.2, 0.25) is 10.0 Å². The summed E-state index contributed by atoms with van der Waals surface area (Å²) in [6.45, 7) is -0.308. The van der Waals surface area contributed by atoms with Crippen LogP contribution in [-0.4, -0.2) is 23.6 Å². The van der Waals surface area contributed by atoms with Gasteiger partial charge < -0.3 is 15.2 Å². The highest BCUT2D eigenvalue weighted by Gasteiger charge is 2.14. The molecule has 8 heteroatoms. The maximum atomic E-state index is 11.7. The second-order valence-electron chi connectivity index (χ2n) is 3.88. The Bertz CT molecular complexity index is 687. The molecule has 0 fully saturated rings. The van der Waals surface area contributed by atoms with E-state index < -0.39 is 11.9 Å². The maximum absolute atomic E-state index is 11.7. The zero-order valence-corrected chi connectivity index (χ0v) is 12.8. The molecule has 0 saturated heterocycles. The van der Waals surface area contributed by atoms with Gasteiger partial charge in [0.1, 0.15) is 5.75 Å². The van der Waals surface area contributed by atoms with Crippen LogP contribution in [0.25, 0.3) is 0 Å². The Morgan fingerprint density at radius 3 is 2.67 bits per heavy atom. The first kappa shape index (κ1) is 15.6. The van der Waals surface area contributed by atoms with Crippen molar-refractivity contribution in [2.75, 3.05) is 11.9 Å². The number of halogens is 2. The smallest absolute Gasteiger partial charge is 0.349 e. The van der Waals surface area contributed by atoms with Crippen molar-refractivity contribution in [1.29, 1.82) is 0 Å². The molecule has 110 valence electrons. The van der Waals surface area contributed by atoms with Crippen molar-refractivity contribution in [3.05, 3.63) is 44.6 Å². The number of carbonyl (C=O) groups is 2. The summed E-state index contributed by atoms with van der Waals surface area (Å²) in [5, 5.41) is 13.8. The first-order chi connectivity index (χ1) is 9.97. The minimum Gasteiger partial charge on any atom is -0.482 e. The third-order valence-corrected chi connectivity index (χ3v) is 4.01. The van der Waals surface area contributed by atoms with E-state index in [0.717, 1.165) is 11.3 Å². The molecule has 0 saturated carbocycles. The van der Waals surface area contributed by atoms with Gasteiger partial charge in [0.05, 0.1) is 10.0 Å². The molecule has 2 N–H and O–H groups in total. The summed E-state index contributed by atoms with van der Waals surface area (Å²) in [4.78, 5) is 22.7. The Morgan fingerprint density at radius 2 is 2.00 bits per heavy atom. The van der Waals surface area contributed by atoms with E-state index in [4.69, 9.17) is 33.0 Å². The van der Waals surface area contributed by atoms with Crippen LogP contribution in [0.4, 0.5) is 5.69 Å². The zero-order valence-electron chi connectivity index (χ0n) is 10.4. The summed E-state index contributed by atoms with van der Waals surface area (Å²) >= 11 is 12.6. The van der Waals surface area contributed by atoms with Gasteiger partial charge in [0.2, 0.25) is 0 Å². The van der Waals surface area contributed by atoms with Crippen LogP contribution in [0, 0.1) is 0 Å². The van der Waals surface area contributed by atoms with E-state index >= 15 is 0 Å². The van der Waals surface area contributed by atoms with Crippen LogP contribution in [0.5, 0.6) is 5.75 Å². The number of anilines is 1. The van der Waals surface area contributed by atoms with Crippen molar-refractivity contribution < 1.29 is 19.4 Å². The van der Waals surface area contributed by atoms with E-state index in [0.29, 0.717) is 15.7 Å². The number of carboxylic acids is 1. The lowest BCUT2D eigenvalue weighted by Crippen LogP contribution is -2.20. The number of carbonyl (C=O) groups excluding carboxylic acids is 1. The van der Waals surface area contributed by atoms with Crippen molar-refractivity contribution in [3.8, 4) is 5.75 Å². The van der Waals surface area contributed by atoms with Crippen LogP contribution in [0.15, 0.2) is 29.6 Å². The summed E-state index contributed by atoms with van der Waals surface area (Å²) in [6.07, 6.45) is 0. The van der Waals surface area contributed by atoms with Crippen molar-refractivity contribution in [2.45, 2.75) is 0 Å². The van der Waals surface area contributed by atoms with Gasteiger partial charge in [0.15, 0.2) is 11.5 Å². The Hall–Kier alpha value is -1.76. The molecular weight excluding hydrogens is 337 g/mol. The molecule has 2 aromatic rings. The molecule has 0 bridgehead atoms. The van der Waals surface area contributed by atoms with Crippen molar-refractivity contribution in [2.24, 2.45) is 0 Å². The summed E-state index contributed by atoms with van der Waals surface area (Å²) in [5.74, 6) is -1.36. The fourth-order valence-corrected chi connectivity index (χ4v) is 2.45. The summed E-state index contributed by atoms with van der Waals surface area (Å²) in [5.41, 5.74) is 0.474. The van der Waals surface area contributed by atoms with E-state index in [2.05, 4.69) is 5.32 Å². The number of ether oxygens (including phenoxy) is 1. The van der Waals surface area contributed by atoms with Gasteiger partial charge in [-0.1, -0.05) is 23.2 Å². The maximum Gasteiger partial charge on any atom is 0.349 e. The monoisotopic (exact) mass is 345 g/mol. The number of aromatic carboxylic acids is 1. The van der Waals surface area contributed by atoms with Gasteiger partial charge in [0, 0.05) is 5.69 Å².